The lowest BCUT2D eigenvalue weighted by Crippen LogP contribution is -2.49. The van der Waals surface area contributed by atoms with Crippen molar-refractivity contribution in [3.8, 4) is 5.75 Å². The summed E-state index contributed by atoms with van der Waals surface area (Å²) in [6, 6.07) is 17.4. The summed E-state index contributed by atoms with van der Waals surface area (Å²) in [7, 11) is 0. The molecule has 2 aromatic carbocycles. The Morgan fingerprint density at radius 2 is 1.56 bits per heavy atom. The molecule has 0 bridgehead atoms. The molecule has 2 aromatic rings. The van der Waals surface area contributed by atoms with Gasteiger partial charge in [-0.3, -0.25) is 9.59 Å². The lowest BCUT2D eigenvalue weighted by molar-refractivity contribution is -0.145. The standard InChI is InChI=1S/C24H30N2O6/c1-24(2,3)32-23(29)26-20(14-15-30-19-12-8-5-9-13-19)22(28)25-16-21(27)31-17-18-10-6-4-7-11-18/h4-13,20H,14-17H2,1-3H3,(H,25,28)(H,26,29)/t20-/m0/s1. The first kappa shape index (κ1) is 24.7. The predicted molar refractivity (Wildman–Crippen MR) is 119 cm³/mol. The van der Waals surface area contributed by atoms with E-state index in [1.807, 2.05) is 48.5 Å². The molecule has 0 aliphatic heterocycles. The van der Waals surface area contributed by atoms with E-state index >= 15 is 0 Å². The number of amides is 2. The quantitative estimate of drug-likeness (QED) is 0.548. The van der Waals surface area contributed by atoms with Crippen LogP contribution in [0.5, 0.6) is 5.75 Å². The maximum absolute atomic E-state index is 12.6. The van der Waals surface area contributed by atoms with E-state index < -0.39 is 29.6 Å². The summed E-state index contributed by atoms with van der Waals surface area (Å²) in [6.45, 7) is 5.14. The number of alkyl carbamates (subject to hydrolysis) is 1. The molecule has 0 spiro atoms. The van der Waals surface area contributed by atoms with E-state index in [0.29, 0.717) is 5.75 Å². The molecule has 8 nitrogen and oxygen atoms in total. The zero-order chi connectivity index (χ0) is 23.4. The Morgan fingerprint density at radius 1 is 0.938 bits per heavy atom. The van der Waals surface area contributed by atoms with E-state index in [4.69, 9.17) is 14.2 Å². The van der Waals surface area contributed by atoms with Gasteiger partial charge in [-0.05, 0) is 38.5 Å². The number of rotatable bonds is 10. The number of ether oxygens (including phenoxy) is 3. The van der Waals surface area contributed by atoms with Crippen molar-refractivity contribution < 1.29 is 28.6 Å². The molecule has 0 aliphatic carbocycles. The van der Waals surface area contributed by atoms with Gasteiger partial charge in [0.1, 0.15) is 30.5 Å². The van der Waals surface area contributed by atoms with Gasteiger partial charge < -0.3 is 24.8 Å². The van der Waals surface area contributed by atoms with Crippen LogP contribution in [0.4, 0.5) is 4.79 Å². The van der Waals surface area contributed by atoms with Gasteiger partial charge in [0.2, 0.25) is 5.91 Å². The monoisotopic (exact) mass is 442 g/mol. The highest BCUT2D eigenvalue weighted by Crippen LogP contribution is 2.10. The second-order valence-corrected chi connectivity index (χ2v) is 8.01. The van der Waals surface area contributed by atoms with Crippen LogP contribution in [0.2, 0.25) is 0 Å². The summed E-state index contributed by atoms with van der Waals surface area (Å²) in [5.41, 5.74) is 0.127. The molecule has 0 aromatic heterocycles. The van der Waals surface area contributed by atoms with Gasteiger partial charge in [0.25, 0.3) is 0 Å². The number of nitrogens with one attached hydrogen (secondary N) is 2. The average molecular weight is 443 g/mol. The Bertz CT molecular complexity index is 865. The van der Waals surface area contributed by atoms with Crippen LogP contribution in [0.1, 0.15) is 32.8 Å². The van der Waals surface area contributed by atoms with Gasteiger partial charge in [-0.25, -0.2) is 4.79 Å². The maximum Gasteiger partial charge on any atom is 0.408 e. The van der Waals surface area contributed by atoms with Crippen molar-refractivity contribution in [1.29, 1.82) is 0 Å². The van der Waals surface area contributed by atoms with Gasteiger partial charge in [-0.2, -0.15) is 0 Å². The molecule has 0 aliphatic rings. The van der Waals surface area contributed by atoms with Gasteiger partial charge >= 0.3 is 12.1 Å². The number of carbonyl (C=O) groups excluding carboxylic acids is 3. The highest BCUT2D eigenvalue weighted by Gasteiger charge is 2.25. The molecule has 172 valence electrons. The van der Waals surface area contributed by atoms with Gasteiger partial charge in [-0.1, -0.05) is 48.5 Å². The van der Waals surface area contributed by atoms with Crippen molar-refractivity contribution >= 4 is 18.0 Å². The van der Waals surface area contributed by atoms with Crippen LogP contribution in [0, 0.1) is 0 Å². The Balaban J connectivity index is 1.86. The van der Waals surface area contributed by atoms with E-state index in [1.165, 1.54) is 0 Å². The van der Waals surface area contributed by atoms with E-state index in [1.54, 1.807) is 32.9 Å². The topological polar surface area (TPSA) is 103 Å². The van der Waals surface area contributed by atoms with Crippen LogP contribution in [-0.4, -0.2) is 42.8 Å². The molecule has 0 saturated heterocycles. The smallest absolute Gasteiger partial charge is 0.408 e. The molecule has 0 saturated carbocycles. The Kier molecular flexibility index (Phi) is 9.53. The molecule has 2 amide bonds. The van der Waals surface area contributed by atoms with E-state index in [9.17, 15) is 14.4 Å². The number of benzene rings is 2. The highest BCUT2D eigenvalue weighted by atomic mass is 16.6. The zero-order valence-corrected chi connectivity index (χ0v) is 18.6. The fraction of sp³-hybridized carbons (Fsp3) is 0.375. The Hall–Kier alpha value is -3.55. The fourth-order valence-corrected chi connectivity index (χ4v) is 2.60. The number of para-hydroxylation sites is 1. The summed E-state index contributed by atoms with van der Waals surface area (Å²) in [5, 5.41) is 5.03. The third kappa shape index (κ3) is 9.97. The molecule has 8 heteroatoms. The van der Waals surface area contributed by atoms with Crippen LogP contribution in [-0.2, 0) is 25.7 Å². The summed E-state index contributed by atoms with van der Waals surface area (Å²) in [5.74, 6) is -0.476. The Labute approximate surface area is 188 Å². The Morgan fingerprint density at radius 3 is 2.19 bits per heavy atom. The minimum Gasteiger partial charge on any atom is -0.494 e. The SMILES string of the molecule is CC(C)(C)OC(=O)N[C@@H](CCOc1ccccc1)C(=O)NCC(=O)OCc1ccccc1. The van der Waals surface area contributed by atoms with Crippen molar-refractivity contribution in [1.82, 2.24) is 10.6 Å². The van der Waals surface area contributed by atoms with Crippen molar-refractivity contribution in [2.75, 3.05) is 13.2 Å². The summed E-state index contributed by atoms with van der Waals surface area (Å²) >= 11 is 0. The second kappa shape index (κ2) is 12.3. The minimum atomic E-state index is -0.949. The van der Waals surface area contributed by atoms with Crippen LogP contribution in [0.3, 0.4) is 0 Å². The molecule has 0 radical (unpaired) electrons. The van der Waals surface area contributed by atoms with E-state index in [0.717, 1.165) is 5.56 Å². The number of esters is 1. The van der Waals surface area contributed by atoms with E-state index in [-0.39, 0.29) is 26.2 Å². The van der Waals surface area contributed by atoms with Crippen LogP contribution in [0.25, 0.3) is 0 Å². The van der Waals surface area contributed by atoms with Crippen LogP contribution < -0.4 is 15.4 Å². The van der Waals surface area contributed by atoms with E-state index in [2.05, 4.69) is 10.6 Å². The molecular formula is C24H30N2O6. The fourth-order valence-electron chi connectivity index (χ4n) is 2.60. The zero-order valence-electron chi connectivity index (χ0n) is 18.6. The first-order valence-corrected chi connectivity index (χ1v) is 10.4. The maximum atomic E-state index is 12.6. The molecule has 2 N–H and O–H groups in total. The largest absolute Gasteiger partial charge is 0.494 e. The predicted octanol–water partition coefficient (Wildman–Crippen LogP) is 3.21. The first-order chi connectivity index (χ1) is 15.2. The molecule has 0 fully saturated rings. The highest BCUT2D eigenvalue weighted by molar-refractivity contribution is 5.88. The van der Waals surface area contributed by atoms with Crippen molar-refractivity contribution in [3.05, 3.63) is 66.2 Å². The van der Waals surface area contributed by atoms with Gasteiger partial charge in [0.15, 0.2) is 0 Å². The minimum absolute atomic E-state index is 0.111. The van der Waals surface area contributed by atoms with Gasteiger partial charge in [0.05, 0.1) is 6.61 Å². The number of hydrogen-bond donors (Lipinski definition) is 2. The summed E-state index contributed by atoms with van der Waals surface area (Å²) in [4.78, 5) is 36.8. The van der Waals surface area contributed by atoms with Crippen molar-refractivity contribution in [2.45, 2.75) is 45.4 Å². The lowest BCUT2D eigenvalue weighted by Gasteiger charge is -2.23. The molecule has 32 heavy (non-hydrogen) atoms. The van der Waals surface area contributed by atoms with Crippen LogP contribution in [0.15, 0.2) is 60.7 Å². The van der Waals surface area contributed by atoms with Gasteiger partial charge in [-0.15, -0.1) is 0 Å². The number of carbonyl (C=O) groups is 3. The summed E-state index contributed by atoms with van der Waals surface area (Å²) < 4.78 is 16.0. The molecule has 0 heterocycles. The third-order valence-corrected chi connectivity index (χ3v) is 4.08. The molecular weight excluding hydrogens is 412 g/mol. The first-order valence-electron chi connectivity index (χ1n) is 10.4. The molecule has 1 atom stereocenters. The molecule has 0 unspecified atom stereocenters. The van der Waals surface area contributed by atoms with Crippen LogP contribution >= 0.6 is 0 Å². The van der Waals surface area contributed by atoms with Gasteiger partial charge in [0, 0.05) is 6.42 Å². The van der Waals surface area contributed by atoms with Crippen molar-refractivity contribution in [2.24, 2.45) is 0 Å². The average Bonchev–Trinajstić information content (AvgIpc) is 2.75. The lowest BCUT2D eigenvalue weighted by atomic mass is 10.2. The second-order valence-electron chi connectivity index (χ2n) is 8.01. The normalized spacial score (nSPS) is 11.7. The summed E-state index contributed by atoms with van der Waals surface area (Å²) in [6.07, 6.45) is -0.553. The molecule has 2 rings (SSSR count). The van der Waals surface area contributed by atoms with Crippen molar-refractivity contribution in [3.63, 3.8) is 0 Å². The number of hydrogen-bond acceptors (Lipinski definition) is 6. The third-order valence-electron chi connectivity index (χ3n) is 4.08.